The summed E-state index contributed by atoms with van der Waals surface area (Å²) in [5.41, 5.74) is 5.74. The molecule has 0 radical (unpaired) electrons. The zero-order valence-corrected chi connectivity index (χ0v) is 10.5. The van der Waals surface area contributed by atoms with Gasteiger partial charge in [0.1, 0.15) is 11.6 Å². The fourth-order valence-electron chi connectivity index (χ4n) is 1.34. The molecule has 0 atom stereocenters. The van der Waals surface area contributed by atoms with Crippen molar-refractivity contribution in [3.63, 3.8) is 0 Å². The van der Waals surface area contributed by atoms with E-state index in [2.05, 4.69) is 15.9 Å². The van der Waals surface area contributed by atoms with E-state index in [-0.39, 0.29) is 10.0 Å². The van der Waals surface area contributed by atoms with Crippen molar-refractivity contribution in [1.82, 2.24) is 0 Å². The van der Waals surface area contributed by atoms with E-state index in [0.29, 0.717) is 11.4 Å². The van der Waals surface area contributed by atoms with Gasteiger partial charge in [-0.15, -0.1) is 11.3 Å². The Bertz CT molecular complexity index is 525. The van der Waals surface area contributed by atoms with Crippen LogP contribution in [0.2, 0.25) is 0 Å². The highest BCUT2D eigenvalue weighted by Crippen LogP contribution is 2.32. The Kier molecular flexibility index (Phi) is 3.37. The first-order chi connectivity index (χ1) is 7.61. The third-order valence-electron chi connectivity index (χ3n) is 2.14. The van der Waals surface area contributed by atoms with Crippen molar-refractivity contribution in [1.29, 1.82) is 0 Å². The quantitative estimate of drug-likeness (QED) is 0.836. The van der Waals surface area contributed by atoms with Crippen LogP contribution in [0, 0.1) is 11.6 Å². The number of nitrogens with two attached hydrogens (primary N) is 1. The third-order valence-corrected chi connectivity index (χ3v) is 3.89. The molecule has 16 heavy (non-hydrogen) atoms. The molecule has 0 bridgehead atoms. The highest BCUT2D eigenvalue weighted by atomic mass is 79.9. The lowest BCUT2D eigenvalue weighted by molar-refractivity contribution is 0.597. The van der Waals surface area contributed by atoms with Gasteiger partial charge < -0.3 is 5.73 Å². The molecule has 0 spiro atoms. The molecule has 84 valence electrons. The summed E-state index contributed by atoms with van der Waals surface area (Å²) in [6.45, 7) is 0.408. The van der Waals surface area contributed by atoms with Gasteiger partial charge in [0.05, 0.1) is 4.47 Å². The molecule has 0 saturated carbocycles. The van der Waals surface area contributed by atoms with E-state index in [1.165, 1.54) is 17.4 Å². The van der Waals surface area contributed by atoms with Crippen molar-refractivity contribution in [2.75, 3.05) is 0 Å². The monoisotopic (exact) mass is 303 g/mol. The van der Waals surface area contributed by atoms with Crippen LogP contribution in [0.25, 0.3) is 10.4 Å². The van der Waals surface area contributed by atoms with Gasteiger partial charge in [0.25, 0.3) is 0 Å². The Morgan fingerprint density at radius 2 is 1.94 bits per heavy atom. The lowest BCUT2D eigenvalue weighted by atomic mass is 10.2. The van der Waals surface area contributed by atoms with Gasteiger partial charge in [-0.25, -0.2) is 8.78 Å². The lowest BCUT2D eigenvalue weighted by Crippen LogP contribution is -1.91. The largest absolute Gasteiger partial charge is 0.326 e. The van der Waals surface area contributed by atoms with Gasteiger partial charge in [0, 0.05) is 21.9 Å². The van der Waals surface area contributed by atoms with Crippen LogP contribution >= 0.6 is 27.3 Å². The molecule has 5 heteroatoms. The Morgan fingerprint density at radius 1 is 1.19 bits per heavy atom. The van der Waals surface area contributed by atoms with Crippen molar-refractivity contribution in [3.05, 3.63) is 45.2 Å². The number of hydrogen-bond acceptors (Lipinski definition) is 2. The van der Waals surface area contributed by atoms with E-state index < -0.39 is 11.6 Å². The minimum absolute atomic E-state index is 0.129. The van der Waals surface area contributed by atoms with Crippen LogP contribution in [0.3, 0.4) is 0 Å². The van der Waals surface area contributed by atoms with Gasteiger partial charge in [-0.1, -0.05) is 0 Å². The zero-order chi connectivity index (χ0) is 11.7. The topological polar surface area (TPSA) is 26.0 Å². The number of hydrogen-bond donors (Lipinski definition) is 1. The molecule has 1 aromatic heterocycles. The van der Waals surface area contributed by atoms with Crippen LogP contribution in [-0.2, 0) is 6.54 Å². The molecular formula is C11H8BrF2NS. The van der Waals surface area contributed by atoms with Crippen molar-refractivity contribution in [2.24, 2.45) is 5.73 Å². The Balaban J connectivity index is 2.51. The SMILES string of the molecule is NCc1ccc(-c2cc(F)c(Br)cc2F)s1. The zero-order valence-electron chi connectivity index (χ0n) is 8.14. The van der Waals surface area contributed by atoms with E-state index in [1.807, 2.05) is 6.07 Å². The summed E-state index contributed by atoms with van der Waals surface area (Å²) in [4.78, 5) is 1.63. The van der Waals surface area contributed by atoms with E-state index >= 15 is 0 Å². The van der Waals surface area contributed by atoms with Gasteiger partial charge in [-0.2, -0.15) is 0 Å². The highest BCUT2D eigenvalue weighted by molar-refractivity contribution is 9.10. The average molecular weight is 304 g/mol. The predicted molar refractivity (Wildman–Crippen MR) is 65.3 cm³/mol. The first-order valence-corrected chi connectivity index (χ1v) is 6.16. The second-order valence-electron chi connectivity index (χ2n) is 3.22. The second kappa shape index (κ2) is 4.61. The van der Waals surface area contributed by atoms with Gasteiger partial charge in [-0.05, 0) is 40.2 Å². The summed E-state index contributed by atoms with van der Waals surface area (Å²) in [6.07, 6.45) is 0. The Labute approximate surface area is 104 Å². The van der Waals surface area contributed by atoms with Gasteiger partial charge >= 0.3 is 0 Å². The van der Waals surface area contributed by atoms with Gasteiger partial charge in [-0.3, -0.25) is 0 Å². The van der Waals surface area contributed by atoms with E-state index in [1.54, 1.807) is 6.07 Å². The molecule has 2 N–H and O–H groups in total. The number of halogens is 3. The maximum atomic E-state index is 13.6. The van der Waals surface area contributed by atoms with Crippen LogP contribution in [0.1, 0.15) is 4.88 Å². The molecule has 1 aromatic carbocycles. The third kappa shape index (κ3) is 2.16. The maximum Gasteiger partial charge on any atom is 0.138 e. The second-order valence-corrected chi connectivity index (χ2v) is 5.24. The normalized spacial score (nSPS) is 10.8. The number of thiophene rings is 1. The van der Waals surface area contributed by atoms with E-state index in [4.69, 9.17) is 5.73 Å². The number of rotatable bonds is 2. The molecule has 1 heterocycles. The first kappa shape index (κ1) is 11.7. The summed E-state index contributed by atoms with van der Waals surface area (Å²) >= 11 is 4.31. The molecule has 0 aliphatic carbocycles. The standard InChI is InChI=1S/C11H8BrF2NS/c12-8-4-9(13)7(3-10(8)14)11-2-1-6(5-15)16-11/h1-4H,5,15H2. The highest BCUT2D eigenvalue weighted by Gasteiger charge is 2.11. The van der Waals surface area contributed by atoms with Gasteiger partial charge in [0.2, 0.25) is 0 Å². The molecule has 0 unspecified atom stereocenters. The molecule has 0 aliphatic rings. The van der Waals surface area contributed by atoms with E-state index in [9.17, 15) is 8.78 Å². The molecule has 2 aromatic rings. The molecule has 2 rings (SSSR count). The summed E-state index contributed by atoms with van der Waals surface area (Å²) in [5, 5.41) is 0. The maximum absolute atomic E-state index is 13.6. The van der Waals surface area contributed by atoms with Crippen molar-refractivity contribution < 1.29 is 8.78 Å². The average Bonchev–Trinajstić information content (AvgIpc) is 2.71. The Morgan fingerprint density at radius 3 is 2.56 bits per heavy atom. The van der Waals surface area contributed by atoms with E-state index in [0.717, 1.165) is 10.9 Å². The van der Waals surface area contributed by atoms with Crippen LogP contribution in [0.15, 0.2) is 28.7 Å². The lowest BCUT2D eigenvalue weighted by Gasteiger charge is -2.02. The Hall–Kier alpha value is -0.780. The van der Waals surface area contributed by atoms with Crippen LogP contribution in [0.4, 0.5) is 8.78 Å². The van der Waals surface area contributed by atoms with Gasteiger partial charge in [0.15, 0.2) is 0 Å². The molecule has 0 aliphatic heterocycles. The molecule has 0 saturated heterocycles. The molecule has 0 amide bonds. The fourth-order valence-corrected chi connectivity index (χ4v) is 2.56. The molecular weight excluding hydrogens is 296 g/mol. The summed E-state index contributed by atoms with van der Waals surface area (Å²) in [5.74, 6) is -0.919. The first-order valence-electron chi connectivity index (χ1n) is 4.55. The van der Waals surface area contributed by atoms with Crippen molar-refractivity contribution in [3.8, 4) is 10.4 Å². The summed E-state index contributed by atoms with van der Waals surface area (Å²) in [6, 6.07) is 5.88. The minimum Gasteiger partial charge on any atom is -0.326 e. The van der Waals surface area contributed by atoms with Crippen LogP contribution < -0.4 is 5.73 Å². The summed E-state index contributed by atoms with van der Waals surface area (Å²) in [7, 11) is 0. The molecule has 1 nitrogen and oxygen atoms in total. The van der Waals surface area contributed by atoms with Crippen LogP contribution in [0.5, 0.6) is 0 Å². The minimum atomic E-state index is -0.473. The van der Waals surface area contributed by atoms with Crippen LogP contribution in [-0.4, -0.2) is 0 Å². The smallest absolute Gasteiger partial charge is 0.138 e. The predicted octanol–water partition coefficient (Wildman–Crippen LogP) is 3.91. The fraction of sp³-hybridized carbons (Fsp3) is 0.0909. The number of benzene rings is 1. The molecule has 0 fully saturated rings. The summed E-state index contributed by atoms with van der Waals surface area (Å²) < 4.78 is 27.0. The van der Waals surface area contributed by atoms with Crippen molar-refractivity contribution >= 4 is 27.3 Å². The van der Waals surface area contributed by atoms with Crippen molar-refractivity contribution in [2.45, 2.75) is 6.54 Å².